The van der Waals surface area contributed by atoms with Gasteiger partial charge >= 0.3 is 0 Å². The van der Waals surface area contributed by atoms with Crippen molar-refractivity contribution in [2.75, 3.05) is 0 Å². The largest absolute Gasteiger partial charge is 0.391 e. The van der Waals surface area contributed by atoms with Crippen LogP contribution in [-0.4, -0.2) is 10.7 Å². The van der Waals surface area contributed by atoms with Crippen molar-refractivity contribution in [3.8, 4) is 0 Å². The van der Waals surface area contributed by atoms with Crippen LogP contribution in [0.4, 0.5) is 0 Å². The monoisotopic (exact) mass is 129 g/mol. The first-order valence-electron chi connectivity index (χ1n) is 1.72. The van der Waals surface area contributed by atoms with Crippen molar-refractivity contribution in [3.63, 3.8) is 0 Å². The van der Waals surface area contributed by atoms with Crippen molar-refractivity contribution in [2.45, 2.75) is 26.4 Å². The van der Waals surface area contributed by atoms with Crippen LogP contribution in [0.2, 0.25) is 0 Å². The van der Waals surface area contributed by atoms with E-state index in [2.05, 4.69) is 0 Å². The Hall–Kier alpha value is 0.479. The molecular formula is C4H10MnO. The van der Waals surface area contributed by atoms with Gasteiger partial charge in [-0.05, 0) is 20.8 Å². The summed E-state index contributed by atoms with van der Waals surface area (Å²) in [5, 5.41) is 8.52. The number of hydrogen-bond acceptors (Lipinski definition) is 1. The molecule has 0 heterocycles. The van der Waals surface area contributed by atoms with Gasteiger partial charge in [0, 0.05) is 17.1 Å². The molecule has 39 valence electrons. The van der Waals surface area contributed by atoms with Gasteiger partial charge in [-0.15, -0.1) is 0 Å². The van der Waals surface area contributed by atoms with Gasteiger partial charge in [0.2, 0.25) is 0 Å². The topological polar surface area (TPSA) is 20.2 Å². The van der Waals surface area contributed by atoms with E-state index >= 15 is 0 Å². The van der Waals surface area contributed by atoms with Crippen LogP contribution in [-0.2, 0) is 17.1 Å². The zero-order chi connectivity index (χ0) is 4.50. The van der Waals surface area contributed by atoms with E-state index in [4.69, 9.17) is 5.11 Å². The minimum Gasteiger partial charge on any atom is -0.391 e. The third kappa shape index (κ3) is 236. The van der Waals surface area contributed by atoms with E-state index < -0.39 is 5.60 Å². The molecule has 1 nitrogen and oxygen atoms in total. The van der Waals surface area contributed by atoms with Gasteiger partial charge in [0.1, 0.15) is 0 Å². The summed E-state index contributed by atoms with van der Waals surface area (Å²) in [6.07, 6.45) is 0. The van der Waals surface area contributed by atoms with E-state index in [-0.39, 0.29) is 17.1 Å². The van der Waals surface area contributed by atoms with Gasteiger partial charge in [0.05, 0.1) is 5.60 Å². The third-order valence-corrected chi connectivity index (χ3v) is 0. The molecule has 0 atom stereocenters. The predicted octanol–water partition coefficient (Wildman–Crippen LogP) is 0.775. The van der Waals surface area contributed by atoms with E-state index in [0.29, 0.717) is 0 Å². The Morgan fingerprint density at radius 1 is 1.17 bits per heavy atom. The minimum atomic E-state index is -0.500. The molecule has 0 aromatic rings. The Kier molecular flexibility index (Phi) is 4.23. The molecule has 0 bridgehead atoms. The normalized spacial score (nSPS) is 10.0. The van der Waals surface area contributed by atoms with Crippen LogP contribution in [0.3, 0.4) is 0 Å². The maximum Gasteiger partial charge on any atom is 0.0563 e. The molecule has 0 spiro atoms. The molecule has 0 saturated heterocycles. The van der Waals surface area contributed by atoms with Gasteiger partial charge < -0.3 is 5.11 Å². The van der Waals surface area contributed by atoms with Gasteiger partial charge in [0.25, 0.3) is 0 Å². The maximum absolute atomic E-state index is 8.52. The molecule has 0 aliphatic rings. The van der Waals surface area contributed by atoms with Gasteiger partial charge in [-0.2, -0.15) is 0 Å². The first kappa shape index (κ1) is 9.70. The number of hydrogen-bond donors (Lipinski definition) is 1. The Morgan fingerprint density at radius 2 is 1.17 bits per heavy atom. The molecule has 1 radical (unpaired) electrons. The first-order valence-corrected chi connectivity index (χ1v) is 1.72. The van der Waals surface area contributed by atoms with Gasteiger partial charge in [0.15, 0.2) is 0 Å². The average molecular weight is 129 g/mol. The van der Waals surface area contributed by atoms with Crippen molar-refractivity contribution >= 4 is 0 Å². The second-order valence-corrected chi connectivity index (χ2v) is 2.17. The summed E-state index contributed by atoms with van der Waals surface area (Å²) >= 11 is 0. The SMILES string of the molecule is CC(C)(C)O.[Mn]. The molecule has 0 aliphatic carbocycles. The van der Waals surface area contributed by atoms with Crippen molar-refractivity contribution in [1.29, 1.82) is 0 Å². The fraction of sp³-hybridized carbons (Fsp3) is 1.00. The molecule has 2 heteroatoms. The van der Waals surface area contributed by atoms with Crippen LogP contribution in [0.1, 0.15) is 20.8 Å². The molecule has 0 aliphatic heterocycles. The summed E-state index contributed by atoms with van der Waals surface area (Å²) < 4.78 is 0. The average Bonchev–Trinajstić information content (AvgIpc) is 0.722. The molecular weight excluding hydrogens is 119 g/mol. The quantitative estimate of drug-likeness (QED) is 0.479. The molecule has 0 aromatic heterocycles. The molecule has 0 saturated carbocycles. The molecule has 0 fully saturated rings. The van der Waals surface area contributed by atoms with E-state index in [0.717, 1.165) is 0 Å². The van der Waals surface area contributed by atoms with Crippen molar-refractivity contribution in [1.82, 2.24) is 0 Å². The summed E-state index contributed by atoms with van der Waals surface area (Å²) in [5.74, 6) is 0. The van der Waals surface area contributed by atoms with Crippen molar-refractivity contribution in [2.24, 2.45) is 0 Å². The summed E-state index contributed by atoms with van der Waals surface area (Å²) in [5.41, 5.74) is -0.500. The van der Waals surface area contributed by atoms with Crippen LogP contribution in [0.15, 0.2) is 0 Å². The van der Waals surface area contributed by atoms with E-state index in [1.165, 1.54) is 0 Å². The zero-order valence-electron chi connectivity index (χ0n) is 4.33. The second-order valence-electron chi connectivity index (χ2n) is 2.17. The number of aliphatic hydroxyl groups is 1. The second kappa shape index (κ2) is 2.62. The Balaban J connectivity index is 0. The maximum atomic E-state index is 8.52. The van der Waals surface area contributed by atoms with Gasteiger partial charge in [-0.25, -0.2) is 0 Å². The Bertz CT molecular complexity index is 23.0. The van der Waals surface area contributed by atoms with Crippen LogP contribution in [0.5, 0.6) is 0 Å². The van der Waals surface area contributed by atoms with Gasteiger partial charge in [-0.3, -0.25) is 0 Å². The van der Waals surface area contributed by atoms with E-state index in [9.17, 15) is 0 Å². The van der Waals surface area contributed by atoms with Gasteiger partial charge in [-0.1, -0.05) is 0 Å². The van der Waals surface area contributed by atoms with E-state index in [1.807, 2.05) is 0 Å². The molecule has 0 amide bonds. The minimum absolute atomic E-state index is 0. The summed E-state index contributed by atoms with van der Waals surface area (Å²) in [7, 11) is 0. The predicted molar refractivity (Wildman–Crippen MR) is 22.0 cm³/mol. The van der Waals surface area contributed by atoms with Crippen molar-refractivity contribution < 1.29 is 22.2 Å². The van der Waals surface area contributed by atoms with E-state index in [1.54, 1.807) is 20.8 Å². The standard InChI is InChI=1S/C4H10O.Mn/c1-4(2,3)5;/h5H,1-3H3;. The number of rotatable bonds is 0. The summed E-state index contributed by atoms with van der Waals surface area (Å²) in [4.78, 5) is 0. The van der Waals surface area contributed by atoms with Crippen LogP contribution in [0, 0.1) is 0 Å². The van der Waals surface area contributed by atoms with Crippen LogP contribution in [0.25, 0.3) is 0 Å². The molecule has 0 aromatic carbocycles. The molecule has 6 heavy (non-hydrogen) atoms. The first-order chi connectivity index (χ1) is 2.00. The zero-order valence-corrected chi connectivity index (χ0v) is 5.51. The Morgan fingerprint density at radius 3 is 1.17 bits per heavy atom. The fourth-order valence-electron chi connectivity index (χ4n) is 0. The third-order valence-electron chi connectivity index (χ3n) is 0. The molecule has 0 rings (SSSR count). The molecule has 0 unspecified atom stereocenters. The molecule has 1 N–H and O–H groups in total. The smallest absolute Gasteiger partial charge is 0.0563 e. The Labute approximate surface area is 49.2 Å². The fourth-order valence-corrected chi connectivity index (χ4v) is 0. The summed E-state index contributed by atoms with van der Waals surface area (Å²) in [6, 6.07) is 0. The summed E-state index contributed by atoms with van der Waals surface area (Å²) in [6.45, 7) is 5.23. The van der Waals surface area contributed by atoms with Crippen molar-refractivity contribution in [3.05, 3.63) is 0 Å². The van der Waals surface area contributed by atoms with Crippen LogP contribution >= 0.6 is 0 Å². The van der Waals surface area contributed by atoms with Crippen LogP contribution < -0.4 is 0 Å².